The number of carbonyl (C=O) groups is 1. The monoisotopic (exact) mass is 307 g/mol. The summed E-state index contributed by atoms with van der Waals surface area (Å²) in [5, 5.41) is 8.65. The fraction of sp³-hybridized carbons (Fsp3) is 0.438. The van der Waals surface area contributed by atoms with Crippen molar-refractivity contribution in [3.63, 3.8) is 0 Å². The van der Waals surface area contributed by atoms with Crippen LogP contribution in [0.15, 0.2) is 18.2 Å². The third-order valence-electron chi connectivity index (χ3n) is 3.18. The van der Waals surface area contributed by atoms with Crippen molar-refractivity contribution < 1.29 is 14.3 Å². The first-order chi connectivity index (χ1) is 10.2. The summed E-state index contributed by atoms with van der Waals surface area (Å²) in [6.07, 6.45) is 1.30. The van der Waals surface area contributed by atoms with Gasteiger partial charge >= 0.3 is 0 Å². The van der Waals surface area contributed by atoms with Crippen LogP contribution in [0, 0.1) is 17.7 Å². The van der Waals surface area contributed by atoms with Gasteiger partial charge in [-0.05, 0) is 30.4 Å². The van der Waals surface area contributed by atoms with Crippen LogP contribution in [-0.4, -0.2) is 47.1 Å². The number of thioether (sulfide) groups is 1. The SMILES string of the molecule is O=C(c1ccc(C#CCCO)cc1F)N1CCCSCC1. The van der Waals surface area contributed by atoms with E-state index >= 15 is 0 Å². The summed E-state index contributed by atoms with van der Waals surface area (Å²) in [5.41, 5.74) is 0.624. The minimum Gasteiger partial charge on any atom is -0.395 e. The highest BCUT2D eigenvalue weighted by Crippen LogP contribution is 2.16. The van der Waals surface area contributed by atoms with Crippen molar-refractivity contribution in [3.05, 3.63) is 35.1 Å². The van der Waals surface area contributed by atoms with Crippen molar-refractivity contribution in [1.29, 1.82) is 0 Å². The predicted molar refractivity (Wildman–Crippen MR) is 82.8 cm³/mol. The number of hydrogen-bond donors (Lipinski definition) is 1. The molecule has 0 bridgehead atoms. The highest BCUT2D eigenvalue weighted by atomic mass is 32.2. The fourth-order valence-electron chi connectivity index (χ4n) is 2.11. The average Bonchev–Trinajstić information content (AvgIpc) is 2.76. The maximum Gasteiger partial charge on any atom is 0.256 e. The van der Waals surface area contributed by atoms with Crippen molar-refractivity contribution in [3.8, 4) is 11.8 Å². The van der Waals surface area contributed by atoms with Crippen LogP contribution in [0.5, 0.6) is 0 Å². The van der Waals surface area contributed by atoms with E-state index in [-0.39, 0.29) is 18.1 Å². The van der Waals surface area contributed by atoms with Gasteiger partial charge in [-0.25, -0.2) is 4.39 Å². The smallest absolute Gasteiger partial charge is 0.256 e. The highest BCUT2D eigenvalue weighted by Gasteiger charge is 2.20. The largest absolute Gasteiger partial charge is 0.395 e. The third kappa shape index (κ3) is 4.48. The van der Waals surface area contributed by atoms with Gasteiger partial charge in [-0.1, -0.05) is 11.8 Å². The summed E-state index contributed by atoms with van der Waals surface area (Å²) in [5.74, 6) is 6.67. The van der Waals surface area contributed by atoms with Crippen LogP contribution in [0.2, 0.25) is 0 Å². The maximum atomic E-state index is 14.1. The Hall–Kier alpha value is -1.51. The van der Waals surface area contributed by atoms with Gasteiger partial charge in [-0.3, -0.25) is 4.79 Å². The Balaban J connectivity index is 2.12. The molecular weight excluding hydrogens is 289 g/mol. The molecule has 1 aliphatic rings. The molecule has 0 spiro atoms. The normalized spacial score (nSPS) is 15.0. The van der Waals surface area contributed by atoms with Gasteiger partial charge in [0, 0.05) is 30.8 Å². The van der Waals surface area contributed by atoms with Crippen LogP contribution < -0.4 is 0 Å². The Kier molecular flexibility index (Phi) is 6.09. The van der Waals surface area contributed by atoms with Gasteiger partial charge in [-0.2, -0.15) is 11.8 Å². The fourth-order valence-corrected chi connectivity index (χ4v) is 2.99. The minimum atomic E-state index is -0.535. The van der Waals surface area contributed by atoms with Crippen LogP contribution in [0.25, 0.3) is 0 Å². The molecule has 1 saturated heterocycles. The molecule has 21 heavy (non-hydrogen) atoms. The topological polar surface area (TPSA) is 40.5 Å². The van der Waals surface area contributed by atoms with E-state index in [4.69, 9.17) is 5.11 Å². The molecule has 1 heterocycles. The first kappa shape index (κ1) is 15.9. The van der Waals surface area contributed by atoms with Gasteiger partial charge < -0.3 is 10.0 Å². The van der Waals surface area contributed by atoms with Crippen LogP contribution >= 0.6 is 11.8 Å². The van der Waals surface area contributed by atoms with E-state index in [2.05, 4.69) is 11.8 Å². The Morgan fingerprint density at radius 3 is 3.00 bits per heavy atom. The van der Waals surface area contributed by atoms with E-state index in [0.717, 1.165) is 17.9 Å². The van der Waals surface area contributed by atoms with Crippen molar-refractivity contribution in [2.75, 3.05) is 31.2 Å². The standard InChI is InChI=1S/C16H18FNO2S/c17-15-12-13(4-1-2-9-19)5-6-14(15)16(20)18-7-3-10-21-11-8-18/h5-6,12,19H,2-3,7-11H2. The van der Waals surface area contributed by atoms with Gasteiger partial charge in [0.15, 0.2) is 0 Å². The molecule has 0 unspecified atom stereocenters. The molecule has 112 valence electrons. The summed E-state index contributed by atoms with van der Waals surface area (Å²) in [4.78, 5) is 14.1. The van der Waals surface area contributed by atoms with E-state index in [1.807, 2.05) is 11.8 Å². The van der Waals surface area contributed by atoms with Gasteiger partial charge in [0.1, 0.15) is 5.82 Å². The molecule has 1 N–H and O–H groups in total. The van der Waals surface area contributed by atoms with E-state index in [0.29, 0.717) is 25.1 Å². The number of aliphatic hydroxyl groups is 1. The first-order valence-electron chi connectivity index (χ1n) is 6.98. The Labute approximate surface area is 128 Å². The van der Waals surface area contributed by atoms with Gasteiger partial charge in [0.05, 0.1) is 12.2 Å². The van der Waals surface area contributed by atoms with Crippen molar-refractivity contribution in [2.24, 2.45) is 0 Å². The van der Waals surface area contributed by atoms with Crippen LogP contribution in [0.4, 0.5) is 4.39 Å². The number of hydrogen-bond acceptors (Lipinski definition) is 3. The lowest BCUT2D eigenvalue weighted by molar-refractivity contribution is 0.0764. The summed E-state index contributed by atoms with van der Waals surface area (Å²) < 4.78 is 14.1. The summed E-state index contributed by atoms with van der Waals surface area (Å²) in [7, 11) is 0. The zero-order chi connectivity index (χ0) is 15.1. The number of rotatable bonds is 2. The molecule has 1 aliphatic heterocycles. The van der Waals surface area contributed by atoms with E-state index in [1.165, 1.54) is 12.1 Å². The zero-order valence-corrected chi connectivity index (χ0v) is 12.6. The highest BCUT2D eigenvalue weighted by molar-refractivity contribution is 7.99. The van der Waals surface area contributed by atoms with E-state index in [1.54, 1.807) is 11.0 Å². The molecule has 0 radical (unpaired) electrons. The van der Waals surface area contributed by atoms with Crippen molar-refractivity contribution in [2.45, 2.75) is 12.8 Å². The molecule has 0 atom stereocenters. The maximum absolute atomic E-state index is 14.1. The number of nitrogens with zero attached hydrogens (tertiary/aromatic N) is 1. The number of aliphatic hydroxyl groups excluding tert-OH is 1. The van der Waals surface area contributed by atoms with Crippen LogP contribution in [0.3, 0.4) is 0 Å². The molecule has 1 aromatic carbocycles. The molecular formula is C16H18FNO2S. The molecule has 0 aliphatic carbocycles. The number of halogens is 1. The molecule has 1 amide bonds. The summed E-state index contributed by atoms with van der Waals surface area (Å²) in [6, 6.07) is 4.43. The predicted octanol–water partition coefficient (Wildman–Crippen LogP) is 2.14. The molecule has 1 aromatic rings. The molecule has 5 heteroatoms. The number of amides is 1. The summed E-state index contributed by atoms with van der Waals surface area (Å²) >= 11 is 1.82. The van der Waals surface area contributed by atoms with Crippen LogP contribution in [0.1, 0.15) is 28.8 Å². The van der Waals surface area contributed by atoms with Gasteiger partial charge in [0.25, 0.3) is 5.91 Å². The van der Waals surface area contributed by atoms with Crippen molar-refractivity contribution >= 4 is 17.7 Å². The lowest BCUT2D eigenvalue weighted by Crippen LogP contribution is -2.33. The second-order valence-electron chi connectivity index (χ2n) is 4.73. The Morgan fingerprint density at radius 2 is 2.24 bits per heavy atom. The van der Waals surface area contributed by atoms with E-state index < -0.39 is 5.82 Å². The van der Waals surface area contributed by atoms with Crippen molar-refractivity contribution in [1.82, 2.24) is 4.90 Å². The second-order valence-corrected chi connectivity index (χ2v) is 5.95. The Bertz CT molecular complexity index is 557. The molecule has 0 saturated carbocycles. The molecule has 0 aromatic heterocycles. The van der Waals surface area contributed by atoms with Gasteiger partial charge in [-0.15, -0.1) is 0 Å². The van der Waals surface area contributed by atoms with Gasteiger partial charge in [0.2, 0.25) is 0 Å². The lowest BCUT2D eigenvalue weighted by Gasteiger charge is -2.20. The Morgan fingerprint density at radius 1 is 1.38 bits per heavy atom. The van der Waals surface area contributed by atoms with E-state index in [9.17, 15) is 9.18 Å². The second kappa shape index (κ2) is 8.06. The molecule has 1 fully saturated rings. The van der Waals surface area contributed by atoms with Crippen LogP contribution in [-0.2, 0) is 0 Å². The third-order valence-corrected chi connectivity index (χ3v) is 4.23. The lowest BCUT2D eigenvalue weighted by atomic mass is 10.1. The zero-order valence-electron chi connectivity index (χ0n) is 11.8. The summed E-state index contributed by atoms with van der Waals surface area (Å²) in [6.45, 7) is 1.34. The quantitative estimate of drug-likeness (QED) is 0.851. The average molecular weight is 307 g/mol. The minimum absolute atomic E-state index is 0.0149. The number of benzene rings is 1. The molecule has 3 nitrogen and oxygen atoms in total. The number of carbonyl (C=O) groups excluding carboxylic acids is 1. The molecule has 2 rings (SSSR count). The first-order valence-corrected chi connectivity index (χ1v) is 8.14.